The van der Waals surface area contributed by atoms with Crippen LogP contribution in [0.3, 0.4) is 0 Å². The number of fused-ring (bicyclic) bond motifs is 1. The zero-order valence-corrected chi connectivity index (χ0v) is 18.1. The van der Waals surface area contributed by atoms with Crippen molar-refractivity contribution >= 4 is 10.8 Å². The van der Waals surface area contributed by atoms with Crippen molar-refractivity contribution in [1.29, 1.82) is 0 Å². The molecule has 0 radical (unpaired) electrons. The van der Waals surface area contributed by atoms with Gasteiger partial charge in [0, 0.05) is 11.1 Å². The molecule has 0 N–H and O–H groups in total. The van der Waals surface area contributed by atoms with E-state index >= 15 is 0 Å². The van der Waals surface area contributed by atoms with Gasteiger partial charge in [-0.05, 0) is 71.8 Å². The summed E-state index contributed by atoms with van der Waals surface area (Å²) in [5.74, 6) is 6.65. The van der Waals surface area contributed by atoms with Gasteiger partial charge in [0.2, 0.25) is 0 Å². The minimum Gasteiger partial charge on any atom is -0.0654 e. The smallest absolute Gasteiger partial charge is 0.0255 e. The second-order valence-corrected chi connectivity index (χ2v) is 8.11. The molecule has 0 aliphatic heterocycles. The molecule has 0 unspecified atom stereocenters. The number of hydrogen-bond donors (Lipinski definition) is 0. The van der Waals surface area contributed by atoms with Crippen molar-refractivity contribution in [2.24, 2.45) is 0 Å². The molecular weight excluding hydrogens is 348 g/mol. The minimum atomic E-state index is 1.08. The van der Waals surface area contributed by atoms with E-state index in [1.54, 1.807) is 0 Å². The van der Waals surface area contributed by atoms with Crippen LogP contribution in [0.4, 0.5) is 0 Å². The molecular formula is C29H34. The van der Waals surface area contributed by atoms with Gasteiger partial charge in [0.05, 0.1) is 0 Å². The molecule has 0 amide bonds. The standard InChI is InChI=1S/C29H34/c1-3-5-7-8-9-11-26-18-20-29-23-27(19-21-28(29)22-26)17-16-25-14-12-24(13-15-25)10-6-4-2/h12-15,18-23H,3-11H2,1-2H3. The third kappa shape index (κ3) is 6.79. The van der Waals surface area contributed by atoms with E-state index in [9.17, 15) is 0 Å². The number of benzene rings is 3. The van der Waals surface area contributed by atoms with Crippen LogP contribution in [0.5, 0.6) is 0 Å². The van der Waals surface area contributed by atoms with Gasteiger partial charge in [-0.25, -0.2) is 0 Å². The summed E-state index contributed by atoms with van der Waals surface area (Å²) >= 11 is 0. The lowest BCUT2D eigenvalue weighted by molar-refractivity contribution is 0.632. The molecule has 0 fully saturated rings. The first-order valence-corrected chi connectivity index (χ1v) is 11.4. The summed E-state index contributed by atoms with van der Waals surface area (Å²) in [6.07, 6.45) is 11.5. The summed E-state index contributed by atoms with van der Waals surface area (Å²) in [5.41, 5.74) is 5.03. The SMILES string of the molecule is CCCCCCCc1ccc2cc(C#Cc3ccc(CCCC)cc3)ccc2c1. The molecule has 0 spiro atoms. The van der Waals surface area contributed by atoms with E-state index in [1.165, 1.54) is 73.3 Å². The highest BCUT2D eigenvalue weighted by molar-refractivity contribution is 5.84. The molecule has 3 rings (SSSR count). The van der Waals surface area contributed by atoms with E-state index in [0.717, 1.165) is 17.5 Å². The predicted molar refractivity (Wildman–Crippen MR) is 127 cm³/mol. The Labute approximate surface area is 177 Å². The van der Waals surface area contributed by atoms with Crippen LogP contribution in [0.25, 0.3) is 10.8 Å². The molecule has 0 heterocycles. The van der Waals surface area contributed by atoms with Gasteiger partial charge in [-0.15, -0.1) is 0 Å². The maximum absolute atomic E-state index is 3.33. The average Bonchev–Trinajstić information content (AvgIpc) is 2.76. The molecule has 0 aliphatic carbocycles. The Balaban J connectivity index is 1.63. The Morgan fingerprint density at radius 2 is 1.10 bits per heavy atom. The van der Waals surface area contributed by atoms with Gasteiger partial charge >= 0.3 is 0 Å². The summed E-state index contributed by atoms with van der Waals surface area (Å²) in [6.45, 7) is 4.51. The fourth-order valence-corrected chi connectivity index (χ4v) is 3.74. The second kappa shape index (κ2) is 11.5. The molecule has 3 aromatic rings. The third-order valence-corrected chi connectivity index (χ3v) is 5.60. The van der Waals surface area contributed by atoms with Crippen LogP contribution in [0.2, 0.25) is 0 Å². The summed E-state index contributed by atoms with van der Waals surface area (Å²) in [6, 6.07) is 22.2. The maximum atomic E-state index is 3.33. The van der Waals surface area contributed by atoms with Gasteiger partial charge in [-0.2, -0.15) is 0 Å². The fourth-order valence-electron chi connectivity index (χ4n) is 3.74. The number of unbranched alkanes of at least 4 members (excludes halogenated alkanes) is 5. The first kappa shape index (κ1) is 21.2. The molecule has 3 aromatic carbocycles. The molecule has 0 bridgehead atoms. The summed E-state index contributed by atoms with van der Waals surface area (Å²) in [7, 11) is 0. The van der Waals surface area contributed by atoms with Crippen molar-refractivity contribution in [2.45, 2.75) is 71.6 Å². The highest BCUT2D eigenvalue weighted by Crippen LogP contribution is 2.19. The van der Waals surface area contributed by atoms with Crippen LogP contribution in [0.15, 0.2) is 60.7 Å². The normalized spacial score (nSPS) is 10.7. The minimum absolute atomic E-state index is 1.08. The number of aryl methyl sites for hydroxylation is 2. The predicted octanol–water partition coefficient (Wildman–Crippen LogP) is 8.10. The lowest BCUT2D eigenvalue weighted by Gasteiger charge is -2.05. The van der Waals surface area contributed by atoms with E-state index in [0.29, 0.717) is 0 Å². The zero-order chi connectivity index (χ0) is 20.3. The van der Waals surface area contributed by atoms with Crippen LogP contribution in [0, 0.1) is 11.8 Å². The van der Waals surface area contributed by atoms with Gasteiger partial charge in [0.25, 0.3) is 0 Å². The summed E-state index contributed by atoms with van der Waals surface area (Å²) in [4.78, 5) is 0. The monoisotopic (exact) mass is 382 g/mol. The van der Waals surface area contributed by atoms with E-state index in [4.69, 9.17) is 0 Å². The lowest BCUT2D eigenvalue weighted by Crippen LogP contribution is -1.87. The van der Waals surface area contributed by atoms with Crippen molar-refractivity contribution < 1.29 is 0 Å². The zero-order valence-electron chi connectivity index (χ0n) is 18.1. The summed E-state index contributed by atoms with van der Waals surface area (Å²) in [5, 5.41) is 2.60. The Bertz CT molecular complexity index is 951. The van der Waals surface area contributed by atoms with Crippen molar-refractivity contribution in [1.82, 2.24) is 0 Å². The van der Waals surface area contributed by atoms with Crippen LogP contribution in [-0.2, 0) is 12.8 Å². The molecule has 0 saturated heterocycles. The highest BCUT2D eigenvalue weighted by atomic mass is 14.0. The van der Waals surface area contributed by atoms with Gasteiger partial charge in [-0.1, -0.05) is 94.2 Å². The lowest BCUT2D eigenvalue weighted by atomic mass is 10.0. The number of rotatable bonds is 9. The van der Waals surface area contributed by atoms with Crippen LogP contribution >= 0.6 is 0 Å². The first-order chi connectivity index (χ1) is 14.3. The highest BCUT2D eigenvalue weighted by Gasteiger charge is 1.99. The van der Waals surface area contributed by atoms with Gasteiger partial charge in [-0.3, -0.25) is 0 Å². The molecule has 150 valence electrons. The number of hydrogen-bond acceptors (Lipinski definition) is 0. The van der Waals surface area contributed by atoms with Gasteiger partial charge in [0.15, 0.2) is 0 Å². The van der Waals surface area contributed by atoms with Crippen molar-refractivity contribution in [3.63, 3.8) is 0 Å². The molecule has 0 atom stereocenters. The van der Waals surface area contributed by atoms with E-state index in [1.807, 2.05) is 0 Å². The van der Waals surface area contributed by atoms with Crippen LogP contribution in [-0.4, -0.2) is 0 Å². The maximum Gasteiger partial charge on any atom is 0.0255 e. The van der Waals surface area contributed by atoms with Crippen LogP contribution < -0.4 is 0 Å². The average molecular weight is 383 g/mol. The Hall–Kier alpha value is -2.52. The van der Waals surface area contributed by atoms with E-state index in [2.05, 4.69) is 86.4 Å². The third-order valence-electron chi connectivity index (χ3n) is 5.60. The second-order valence-electron chi connectivity index (χ2n) is 8.11. The molecule has 0 saturated carbocycles. The largest absolute Gasteiger partial charge is 0.0654 e. The molecule has 0 aliphatic rings. The molecule has 0 aromatic heterocycles. The Kier molecular flexibility index (Phi) is 8.39. The van der Waals surface area contributed by atoms with Crippen molar-refractivity contribution in [2.75, 3.05) is 0 Å². The van der Waals surface area contributed by atoms with Gasteiger partial charge in [0.1, 0.15) is 0 Å². The Morgan fingerprint density at radius 1 is 0.517 bits per heavy atom. The Morgan fingerprint density at radius 3 is 1.90 bits per heavy atom. The van der Waals surface area contributed by atoms with Crippen LogP contribution in [0.1, 0.15) is 81.0 Å². The quantitative estimate of drug-likeness (QED) is 0.259. The topological polar surface area (TPSA) is 0 Å². The fraction of sp³-hybridized carbons (Fsp3) is 0.379. The van der Waals surface area contributed by atoms with E-state index in [-0.39, 0.29) is 0 Å². The van der Waals surface area contributed by atoms with E-state index < -0.39 is 0 Å². The van der Waals surface area contributed by atoms with Gasteiger partial charge < -0.3 is 0 Å². The van der Waals surface area contributed by atoms with Crippen molar-refractivity contribution in [3.05, 3.63) is 82.9 Å². The molecule has 0 heteroatoms. The molecule has 0 nitrogen and oxygen atoms in total. The molecule has 29 heavy (non-hydrogen) atoms. The van der Waals surface area contributed by atoms with Crippen molar-refractivity contribution in [3.8, 4) is 11.8 Å². The first-order valence-electron chi connectivity index (χ1n) is 11.4. The summed E-state index contributed by atoms with van der Waals surface area (Å²) < 4.78 is 0.